The molecule has 2 rings (SSSR count). The molecule has 1 aromatic rings. The van der Waals surface area contributed by atoms with Gasteiger partial charge in [-0.3, -0.25) is 19.3 Å². The van der Waals surface area contributed by atoms with Gasteiger partial charge in [-0.2, -0.15) is 0 Å². The second kappa shape index (κ2) is 6.36. The number of carbonyl (C=O) groups is 4. The van der Waals surface area contributed by atoms with Crippen LogP contribution in [0, 0.1) is 13.8 Å². The minimum absolute atomic E-state index is 0.131. The quantitative estimate of drug-likeness (QED) is 0.616. The molecule has 1 saturated heterocycles. The smallest absolute Gasteiger partial charge is 0.325 e. The van der Waals surface area contributed by atoms with Crippen molar-refractivity contribution in [2.24, 2.45) is 0 Å². The first kappa shape index (κ1) is 16.9. The Morgan fingerprint density at radius 1 is 1.22 bits per heavy atom. The Bertz CT molecular complexity index is 690. The summed E-state index contributed by atoms with van der Waals surface area (Å²) in [6, 6.07) is -1.10. The summed E-state index contributed by atoms with van der Waals surface area (Å²) in [5.41, 5.74) is 1.92. The van der Waals surface area contributed by atoms with Crippen molar-refractivity contribution in [2.45, 2.75) is 46.6 Å². The lowest BCUT2D eigenvalue weighted by molar-refractivity contribution is -0.127. The van der Waals surface area contributed by atoms with E-state index in [-0.39, 0.29) is 23.9 Å². The molecule has 124 valence electrons. The zero-order chi connectivity index (χ0) is 17.3. The van der Waals surface area contributed by atoms with Gasteiger partial charge in [-0.25, -0.2) is 4.79 Å². The highest BCUT2D eigenvalue weighted by atomic mass is 16.2. The van der Waals surface area contributed by atoms with Crippen molar-refractivity contribution in [3.8, 4) is 0 Å². The number of nitrogens with zero attached hydrogens (tertiary/aromatic N) is 1. The van der Waals surface area contributed by atoms with Crippen LogP contribution in [0.15, 0.2) is 0 Å². The van der Waals surface area contributed by atoms with Crippen molar-refractivity contribution in [3.63, 3.8) is 0 Å². The Labute approximate surface area is 134 Å². The van der Waals surface area contributed by atoms with Crippen LogP contribution >= 0.6 is 0 Å². The molecule has 2 heterocycles. The van der Waals surface area contributed by atoms with Crippen LogP contribution in [0.2, 0.25) is 0 Å². The number of rotatable bonds is 6. The molecule has 1 aliphatic rings. The lowest BCUT2D eigenvalue weighted by atomic mass is 10.1. The monoisotopic (exact) mass is 319 g/mol. The van der Waals surface area contributed by atoms with E-state index in [1.807, 2.05) is 6.92 Å². The predicted molar refractivity (Wildman–Crippen MR) is 83.5 cm³/mol. The van der Waals surface area contributed by atoms with Gasteiger partial charge in [0.25, 0.3) is 5.91 Å². The van der Waals surface area contributed by atoms with E-state index in [4.69, 9.17) is 0 Å². The van der Waals surface area contributed by atoms with Crippen molar-refractivity contribution < 1.29 is 19.2 Å². The molecule has 0 unspecified atom stereocenters. The number of amides is 3. The second-order valence-corrected chi connectivity index (χ2v) is 5.82. The van der Waals surface area contributed by atoms with Gasteiger partial charge in [0.15, 0.2) is 11.6 Å². The average molecular weight is 319 g/mol. The van der Waals surface area contributed by atoms with E-state index >= 15 is 0 Å². The first-order valence-electron chi connectivity index (χ1n) is 7.63. The average Bonchev–Trinajstić information content (AvgIpc) is 2.90. The number of imide groups is 1. The van der Waals surface area contributed by atoms with Crippen molar-refractivity contribution in [2.75, 3.05) is 6.54 Å². The number of Topliss-reactive ketones (excluding diaryl/α,β-unsaturated/α-hetero) is 2. The molecule has 1 fully saturated rings. The van der Waals surface area contributed by atoms with Crippen molar-refractivity contribution >= 4 is 23.5 Å². The molecule has 7 heteroatoms. The van der Waals surface area contributed by atoms with E-state index < -0.39 is 17.9 Å². The zero-order valence-corrected chi connectivity index (χ0v) is 13.8. The Hall–Kier alpha value is -2.44. The second-order valence-electron chi connectivity index (χ2n) is 5.82. The van der Waals surface area contributed by atoms with Gasteiger partial charge in [0.2, 0.25) is 0 Å². The summed E-state index contributed by atoms with van der Waals surface area (Å²) in [7, 11) is 0. The van der Waals surface area contributed by atoms with E-state index in [2.05, 4.69) is 10.3 Å². The molecule has 1 aromatic heterocycles. The highest BCUT2D eigenvalue weighted by molar-refractivity contribution is 6.10. The minimum atomic E-state index is -0.556. The first-order chi connectivity index (χ1) is 10.8. The topological polar surface area (TPSA) is 99.3 Å². The van der Waals surface area contributed by atoms with Crippen LogP contribution < -0.4 is 5.32 Å². The summed E-state index contributed by atoms with van der Waals surface area (Å²) in [6.45, 7) is 6.42. The summed E-state index contributed by atoms with van der Waals surface area (Å²) in [6.07, 6.45) is 1.31. The van der Waals surface area contributed by atoms with E-state index in [0.717, 1.165) is 11.3 Å². The number of hydrogen-bond donors (Lipinski definition) is 2. The number of H-pyrrole nitrogens is 1. The van der Waals surface area contributed by atoms with E-state index in [1.165, 1.54) is 6.92 Å². The number of ketones is 2. The summed E-state index contributed by atoms with van der Waals surface area (Å²) >= 11 is 0. The molecule has 0 bridgehead atoms. The molecular formula is C16H21N3O4. The van der Waals surface area contributed by atoms with Crippen LogP contribution in [0.1, 0.15) is 58.8 Å². The van der Waals surface area contributed by atoms with E-state index in [0.29, 0.717) is 23.2 Å². The minimum Gasteiger partial charge on any atom is -0.355 e. The normalized spacial score (nSPS) is 17.6. The maximum atomic E-state index is 12.4. The fraction of sp³-hybridized carbons (Fsp3) is 0.500. The van der Waals surface area contributed by atoms with Crippen LogP contribution in [0.4, 0.5) is 4.79 Å². The molecular weight excluding hydrogens is 298 g/mol. The summed E-state index contributed by atoms with van der Waals surface area (Å²) < 4.78 is 0. The third-order valence-corrected chi connectivity index (χ3v) is 4.05. The number of aromatic amines is 1. The molecule has 0 spiro atoms. The molecule has 0 aliphatic carbocycles. The Morgan fingerprint density at radius 2 is 1.87 bits per heavy atom. The van der Waals surface area contributed by atoms with Gasteiger partial charge < -0.3 is 10.3 Å². The Balaban J connectivity index is 2.20. The number of hydrogen-bond acceptors (Lipinski definition) is 4. The largest absolute Gasteiger partial charge is 0.355 e. The van der Waals surface area contributed by atoms with Crippen molar-refractivity contribution in [3.05, 3.63) is 22.5 Å². The third-order valence-electron chi connectivity index (χ3n) is 4.05. The maximum Gasteiger partial charge on any atom is 0.325 e. The molecule has 2 N–H and O–H groups in total. The molecule has 1 atom stereocenters. The van der Waals surface area contributed by atoms with Crippen molar-refractivity contribution in [1.29, 1.82) is 0 Å². The van der Waals surface area contributed by atoms with Gasteiger partial charge in [-0.1, -0.05) is 13.3 Å². The van der Waals surface area contributed by atoms with Crippen LogP contribution in [0.3, 0.4) is 0 Å². The molecule has 1 aliphatic heterocycles. The fourth-order valence-electron chi connectivity index (χ4n) is 2.99. The van der Waals surface area contributed by atoms with Gasteiger partial charge in [-0.05, 0) is 32.8 Å². The molecule has 0 saturated carbocycles. The first-order valence-corrected chi connectivity index (χ1v) is 7.63. The Morgan fingerprint density at radius 3 is 2.39 bits per heavy atom. The lowest BCUT2D eigenvalue weighted by Crippen LogP contribution is -2.36. The molecule has 23 heavy (non-hydrogen) atoms. The van der Waals surface area contributed by atoms with Crippen LogP contribution in [-0.4, -0.2) is 46.0 Å². The zero-order valence-electron chi connectivity index (χ0n) is 13.8. The molecule has 0 aromatic carbocycles. The summed E-state index contributed by atoms with van der Waals surface area (Å²) in [4.78, 5) is 51.9. The van der Waals surface area contributed by atoms with Crippen molar-refractivity contribution in [1.82, 2.24) is 15.2 Å². The van der Waals surface area contributed by atoms with Gasteiger partial charge in [0, 0.05) is 11.3 Å². The highest BCUT2D eigenvalue weighted by Gasteiger charge is 2.38. The molecule has 0 radical (unpaired) electrons. The molecule has 7 nitrogen and oxygen atoms in total. The fourth-order valence-corrected chi connectivity index (χ4v) is 2.99. The number of aryl methyl sites for hydroxylation is 1. The Kier molecular flexibility index (Phi) is 4.68. The van der Waals surface area contributed by atoms with Gasteiger partial charge in [0.05, 0.1) is 12.2 Å². The third kappa shape index (κ3) is 3.04. The van der Waals surface area contributed by atoms with Crippen LogP contribution in [-0.2, 0) is 4.79 Å². The summed E-state index contributed by atoms with van der Waals surface area (Å²) in [5.74, 6) is -0.898. The predicted octanol–water partition coefficient (Wildman–Crippen LogP) is 1.74. The maximum absolute atomic E-state index is 12.4. The van der Waals surface area contributed by atoms with Crippen LogP contribution in [0.25, 0.3) is 0 Å². The van der Waals surface area contributed by atoms with E-state index in [1.54, 1.807) is 13.8 Å². The summed E-state index contributed by atoms with van der Waals surface area (Å²) in [5, 5.41) is 2.58. The number of aromatic nitrogens is 1. The van der Waals surface area contributed by atoms with Gasteiger partial charge in [0.1, 0.15) is 6.04 Å². The van der Waals surface area contributed by atoms with Crippen LogP contribution in [0.5, 0.6) is 0 Å². The molecule has 3 amide bonds. The lowest BCUT2D eigenvalue weighted by Gasteiger charge is -2.11. The number of carbonyl (C=O) groups excluding carboxylic acids is 4. The van der Waals surface area contributed by atoms with Gasteiger partial charge in [-0.15, -0.1) is 0 Å². The standard InChI is InChI=1S/C16H21N3O4/c1-5-6-11-15(22)19(16(23)18-11)7-12(21)14-8(2)13(10(4)20)9(3)17-14/h11,17H,5-7H2,1-4H3,(H,18,23)/t11-/m1/s1. The van der Waals surface area contributed by atoms with Gasteiger partial charge >= 0.3 is 6.03 Å². The SMILES string of the molecule is CCC[C@H]1NC(=O)N(CC(=O)c2[nH]c(C)c(C(C)=O)c2C)C1=O. The highest BCUT2D eigenvalue weighted by Crippen LogP contribution is 2.20. The number of nitrogens with one attached hydrogen (secondary N) is 2. The van der Waals surface area contributed by atoms with E-state index in [9.17, 15) is 19.2 Å². The number of urea groups is 1.